The van der Waals surface area contributed by atoms with E-state index in [0.29, 0.717) is 17.9 Å². The monoisotopic (exact) mass is 379 g/mol. The van der Waals surface area contributed by atoms with Crippen LogP contribution in [0.5, 0.6) is 5.75 Å². The third kappa shape index (κ3) is 4.17. The fourth-order valence-electron chi connectivity index (χ4n) is 2.71. The van der Waals surface area contributed by atoms with Gasteiger partial charge in [-0.25, -0.2) is 4.68 Å². The highest BCUT2D eigenvalue weighted by atomic mass is 16.5. The minimum atomic E-state index is -0.633. The molecule has 2 amide bonds. The van der Waals surface area contributed by atoms with Crippen LogP contribution in [0.1, 0.15) is 46.3 Å². The maximum absolute atomic E-state index is 12.6. The highest BCUT2D eigenvalue weighted by Gasteiger charge is 2.15. The third-order valence-corrected chi connectivity index (χ3v) is 4.18. The molecule has 3 rings (SSSR count). The fraction of sp³-hybridized carbons (Fsp3) is 0.200. The zero-order valence-corrected chi connectivity index (χ0v) is 15.6. The van der Waals surface area contributed by atoms with E-state index in [2.05, 4.69) is 15.6 Å². The van der Waals surface area contributed by atoms with Crippen LogP contribution in [-0.4, -0.2) is 33.4 Å². The summed E-state index contributed by atoms with van der Waals surface area (Å²) in [6, 6.07) is 14.3. The Bertz CT molecular complexity index is 982. The number of ether oxygens (including phenoxy) is 1. The first-order chi connectivity index (χ1) is 13.5. The molecule has 0 radical (unpaired) electrons. The molecule has 1 unspecified atom stereocenters. The lowest BCUT2D eigenvalue weighted by Gasteiger charge is -2.16. The maximum Gasteiger partial charge on any atom is 0.270 e. The van der Waals surface area contributed by atoms with E-state index in [1.165, 1.54) is 10.9 Å². The van der Waals surface area contributed by atoms with E-state index in [1.807, 2.05) is 44.2 Å². The maximum atomic E-state index is 12.6. The number of nitrogens with zero attached hydrogens (tertiary/aromatic N) is 3. The molecule has 0 bridgehead atoms. The molecule has 2 aromatic carbocycles. The second-order valence-electron chi connectivity index (χ2n) is 6.13. The quantitative estimate of drug-likeness (QED) is 0.654. The molecule has 0 saturated carbocycles. The predicted octanol–water partition coefficient (Wildman–Crippen LogP) is 2.26. The molecule has 0 saturated heterocycles. The minimum Gasteiger partial charge on any atom is -0.493 e. The van der Waals surface area contributed by atoms with E-state index < -0.39 is 5.91 Å². The number of amides is 2. The Morgan fingerprint density at radius 1 is 1.18 bits per heavy atom. The van der Waals surface area contributed by atoms with Crippen molar-refractivity contribution in [3.8, 4) is 11.4 Å². The third-order valence-electron chi connectivity index (χ3n) is 4.18. The van der Waals surface area contributed by atoms with Gasteiger partial charge in [0.2, 0.25) is 0 Å². The Morgan fingerprint density at radius 3 is 2.54 bits per heavy atom. The topological polar surface area (TPSA) is 112 Å². The number of benzene rings is 2. The number of primary amides is 1. The van der Waals surface area contributed by atoms with Gasteiger partial charge in [-0.1, -0.05) is 29.5 Å². The molecule has 8 heteroatoms. The van der Waals surface area contributed by atoms with Crippen LogP contribution in [0.2, 0.25) is 0 Å². The Balaban J connectivity index is 1.71. The molecule has 1 atom stereocenters. The molecule has 8 nitrogen and oxygen atoms in total. The largest absolute Gasteiger partial charge is 0.493 e. The van der Waals surface area contributed by atoms with Gasteiger partial charge < -0.3 is 15.8 Å². The second kappa shape index (κ2) is 8.34. The van der Waals surface area contributed by atoms with Crippen molar-refractivity contribution in [1.29, 1.82) is 0 Å². The van der Waals surface area contributed by atoms with Crippen LogP contribution in [0.4, 0.5) is 0 Å². The molecule has 1 aromatic heterocycles. The van der Waals surface area contributed by atoms with Crippen molar-refractivity contribution >= 4 is 11.8 Å². The average Bonchev–Trinajstić information content (AvgIpc) is 3.19. The van der Waals surface area contributed by atoms with Crippen molar-refractivity contribution in [2.24, 2.45) is 5.73 Å². The van der Waals surface area contributed by atoms with Gasteiger partial charge in [0.15, 0.2) is 5.69 Å². The van der Waals surface area contributed by atoms with Gasteiger partial charge in [-0.05, 0) is 43.7 Å². The van der Waals surface area contributed by atoms with Crippen LogP contribution in [0.3, 0.4) is 0 Å². The lowest BCUT2D eigenvalue weighted by molar-refractivity contribution is 0.0935. The zero-order valence-electron chi connectivity index (χ0n) is 15.6. The second-order valence-corrected chi connectivity index (χ2v) is 6.13. The number of hydrogen-bond acceptors (Lipinski definition) is 5. The summed E-state index contributed by atoms with van der Waals surface area (Å²) in [5, 5.41) is 10.6. The normalized spacial score (nSPS) is 11.6. The first-order valence-corrected chi connectivity index (χ1v) is 8.84. The standard InChI is InChI=1S/C20H21N5O3/c1-3-28-18-7-5-4-6-16(18)20(27)22-13(2)14-8-10-15(11-9-14)25-12-17(19(21)26)23-24-25/h4-13H,3H2,1-2H3,(H2,21,26)(H,22,27). The number of aromatic nitrogens is 3. The molecule has 0 fully saturated rings. The van der Waals surface area contributed by atoms with Gasteiger partial charge in [0.05, 0.1) is 30.1 Å². The van der Waals surface area contributed by atoms with Gasteiger partial charge in [-0.3, -0.25) is 9.59 Å². The summed E-state index contributed by atoms with van der Waals surface area (Å²) in [6.45, 7) is 4.26. The summed E-state index contributed by atoms with van der Waals surface area (Å²) in [5.74, 6) is -0.281. The first-order valence-electron chi connectivity index (χ1n) is 8.84. The molecule has 0 aliphatic heterocycles. The number of carbonyl (C=O) groups is 2. The van der Waals surface area contributed by atoms with Gasteiger partial charge in [0.1, 0.15) is 5.75 Å². The lowest BCUT2D eigenvalue weighted by atomic mass is 10.1. The number of nitrogens with one attached hydrogen (secondary N) is 1. The number of rotatable bonds is 7. The van der Waals surface area contributed by atoms with Crippen molar-refractivity contribution in [3.63, 3.8) is 0 Å². The summed E-state index contributed by atoms with van der Waals surface area (Å²) < 4.78 is 6.98. The summed E-state index contributed by atoms with van der Waals surface area (Å²) in [5.41, 5.74) is 7.42. The average molecular weight is 379 g/mol. The smallest absolute Gasteiger partial charge is 0.270 e. The highest BCUT2D eigenvalue weighted by Crippen LogP contribution is 2.20. The number of nitrogens with two attached hydrogens (primary N) is 1. The summed E-state index contributed by atoms with van der Waals surface area (Å²) in [7, 11) is 0. The van der Waals surface area contributed by atoms with Crippen molar-refractivity contribution in [3.05, 3.63) is 71.5 Å². The van der Waals surface area contributed by atoms with Crippen LogP contribution in [0, 0.1) is 0 Å². The molecule has 0 aliphatic rings. The molecule has 0 aliphatic carbocycles. The van der Waals surface area contributed by atoms with Gasteiger partial charge in [0, 0.05) is 0 Å². The predicted molar refractivity (Wildman–Crippen MR) is 103 cm³/mol. The van der Waals surface area contributed by atoms with Gasteiger partial charge in [0.25, 0.3) is 11.8 Å². The molecule has 3 aromatic rings. The molecule has 0 spiro atoms. The molecule has 144 valence electrons. The molecular weight excluding hydrogens is 358 g/mol. The van der Waals surface area contributed by atoms with Gasteiger partial charge in [-0.2, -0.15) is 0 Å². The van der Waals surface area contributed by atoms with E-state index in [-0.39, 0.29) is 17.6 Å². The van der Waals surface area contributed by atoms with Crippen molar-refractivity contribution in [1.82, 2.24) is 20.3 Å². The Kier molecular flexibility index (Phi) is 5.69. The van der Waals surface area contributed by atoms with Crippen LogP contribution in [0.25, 0.3) is 5.69 Å². The Morgan fingerprint density at radius 2 is 1.89 bits per heavy atom. The first kappa shape index (κ1) is 19.1. The SMILES string of the molecule is CCOc1ccccc1C(=O)NC(C)c1ccc(-n2cc(C(N)=O)nn2)cc1. The molecular formula is C20H21N5O3. The Hall–Kier alpha value is -3.68. The van der Waals surface area contributed by atoms with Gasteiger partial charge in [-0.15, -0.1) is 5.10 Å². The van der Waals surface area contributed by atoms with Crippen LogP contribution >= 0.6 is 0 Å². The molecule has 28 heavy (non-hydrogen) atoms. The van der Waals surface area contributed by atoms with Gasteiger partial charge >= 0.3 is 0 Å². The fourth-order valence-corrected chi connectivity index (χ4v) is 2.71. The summed E-state index contributed by atoms with van der Waals surface area (Å²) in [6.07, 6.45) is 1.47. The zero-order chi connectivity index (χ0) is 20.1. The van der Waals surface area contributed by atoms with Crippen LogP contribution in [0.15, 0.2) is 54.7 Å². The van der Waals surface area contributed by atoms with E-state index in [9.17, 15) is 9.59 Å². The number of hydrogen-bond donors (Lipinski definition) is 2. The van der Waals surface area contributed by atoms with Crippen molar-refractivity contribution in [2.75, 3.05) is 6.61 Å². The summed E-state index contributed by atoms with van der Waals surface area (Å²) >= 11 is 0. The Labute approximate surface area is 162 Å². The molecule has 1 heterocycles. The van der Waals surface area contributed by atoms with Crippen LogP contribution < -0.4 is 15.8 Å². The number of para-hydroxylation sites is 1. The highest BCUT2D eigenvalue weighted by molar-refractivity contribution is 5.97. The van der Waals surface area contributed by atoms with E-state index >= 15 is 0 Å². The van der Waals surface area contributed by atoms with Crippen LogP contribution in [-0.2, 0) is 0 Å². The minimum absolute atomic E-state index is 0.0951. The van der Waals surface area contributed by atoms with Crippen molar-refractivity contribution in [2.45, 2.75) is 19.9 Å². The number of carbonyl (C=O) groups excluding carboxylic acids is 2. The summed E-state index contributed by atoms with van der Waals surface area (Å²) in [4.78, 5) is 23.8. The van der Waals surface area contributed by atoms with Crippen molar-refractivity contribution < 1.29 is 14.3 Å². The van der Waals surface area contributed by atoms with E-state index in [0.717, 1.165) is 11.3 Å². The van der Waals surface area contributed by atoms with E-state index in [1.54, 1.807) is 18.2 Å². The molecule has 3 N–H and O–H groups in total. The van der Waals surface area contributed by atoms with E-state index in [4.69, 9.17) is 10.5 Å². The lowest BCUT2D eigenvalue weighted by Crippen LogP contribution is -2.27.